The fraction of sp³-hybridized carbons (Fsp3) is 0.500. The third kappa shape index (κ3) is 8.24. The number of urea groups is 1. The zero-order valence-electron chi connectivity index (χ0n) is 29.9. The van der Waals surface area contributed by atoms with Crippen molar-refractivity contribution in [3.63, 3.8) is 0 Å². The Morgan fingerprint density at radius 3 is 2.60 bits per heavy atom. The molecule has 2 fully saturated rings. The van der Waals surface area contributed by atoms with Crippen molar-refractivity contribution in [3.8, 4) is 17.0 Å². The summed E-state index contributed by atoms with van der Waals surface area (Å²) in [4.78, 5) is 42.8. The molecule has 50 heavy (non-hydrogen) atoms. The second-order valence-corrected chi connectivity index (χ2v) is 14.0. The number of aromatic nitrogens is 4. The number of fused-ring (bicyclic) bond motifs is 1. The summed E-state index contributed by atoms with van der Waals surface area (Å²) in [6.07, 6.45) is 11.5. The maximum atomic E-state index is 14.5. The van der Waals surface area contributed by atoms with Crippen molar-refractivity contribution in [1.29, 1.82) is 0 Å². The fourth-order valence-electron chi connectivity index (χ4n) is 7.27. The van der Waals surface area contributed by atoms with Gasteiger partial charge in [-0.1, -0.05) is 19.1 Å². The number of likely N-dealkylation sites (tertiary alicyclic amines) is 1. The predicted octanol–water partition coefficient (Wildman–Crippen LogP) is 5.70. The van der Waals surface area contributed by atoms with Crippen LogP contribution in [0.5, 0.6) is 5.88 Å². The molecule has 0 radical (unpaired) electrons. The molecule has 266 valence electrons. The highest BCUT2D eigenvalue weighted by molar-refractivity contribution is 6.00. The van der Waals surface area contributed by atoms with E-state index in [1.54, 1.807) is 30.4 Å². The van der Waals surface area contributed by atoms with Gasteiger partial charge in [0, 0.05) is 68.6 Å². The molecule has 1 N–H and O–H groups in total. The molecule has 1 aliphatic heterocycles. The van der Waals surface area contributed by atoms with E-state index in [-0.39, 0.29) is 35.8 Å². The lowest BCUT2D eigenvalue weighted by atomic mass is 9.84. The highest BCUT2D eigenvalue weighted by Gasteiger charge is 2.35. The van der Waals surface area contributed by atoms with Gasteiger partial charge in [0.05, 0.1) is 49.1 Å². The van der Waals surface area contributed by atoms with Crippen LogP contribution < -0.4 is 15.0 Å². The summed E-state index contributed by atoms with van der Waals surface area (Å²) in [6, 6.07) is 11.6. The van der Waals surface area contributed by atoms with Crippen molar-refractivity contribution in [2.24, 2.45) is 24.8 Å². The third-order valence-electron chi connectivity index (χ3n) is 10.3. The summed E-state index contributed by atoms with van der Waals surface area (Å²) in [5.74, 6) is 0.966. The van der Waals surface area contributed by atoms with Gasteiger partial charge in [-0.2, -0.15) is 5.10 Å². The minimum absolute atomic E-state index is 0.0794. The molecule has 1 aliphatic carbocycles. The number of ether oxygens (including phenoxy) is 2. The van der Waals surface area contributed by atoms with Crippen LogP contribution in [0.15, 0.2) is 61.2 Å². The SMILES string of the molecule is COc1cc(-c2cncc(N(CC3CCN(C(=O)Nc4cccc5cnn(C)c45)CC3C)C(=O)C3CCC(OCCN(C)C)CC3)c2)ccn1. The summed E-state index contributed by atoms with van der Waals surface area (Å²) in [6.45, 7) is 5.54. The van der Waals surface area contributed by atoms with Gasteiger partial charge in [-0.15, -0.1) is 0 Å². The summed E-state index contributed by atoms with van der Waals surface area (Å²) in [7, 11) is 7.57. The van der Waals surface area contributed by atoms with Gasteiger partial charge in [-0.05, 0) is 81.8 Å². The van der Waals surface area contributed by atoms with Crippen molar-refractivity contribution in [2.45, 2.75) is 45.1 Å². The van der Waals surface area contributed by atoms with Crippen LogP contribution in [0.2, 0.25) is 0 Å². The molecule has 3 aromatic heterocycles. The molecule has 1 saturated carbocycles. The van der Waals surface area contributed by atoms with Crippen molar-refractivity contribution < 1.29 is 19.1 Å². The Labute approximate surface area is 294 Å². The number of benzene rings is 1. The second-order valence-electron chi connectivity index (χ2n) is 14.0. The Hall–Kier alpha value is -4.55. The van der Waals surface area contributed by atoms with E-state index < -0.39 is 0 Å². The minimum atomic E-state index is -0.119. The molecule has 1 aromatic carbocycles. The molecule has 0 bridgehead atoms. The number of aryl methyl sites for hydroxylation is 1. The molecule has 2 atom stereocenters. The Balaban J connectivity index is 1.17. The molecule has 3 amide bonds. The van der Waals surface area contributed by atoms with E-state index in [4.69, 9.17) is 9.47 Å². The molecule has 12 heteroatoms. The Morgan fingerprint density at radius 1 is 1.02 bits per heavy atom. The number of pyridine rings is 2. The number of nitrogens with zero attached hydrogens (tertiary/aromatic N) is 7. The average molecular weight is 683 g/mol. The van der Waals surface area contributed by atoms with E-state index in [9.17, 15) is 9.59 Å². The van der Waals surface area contributed by atoms with Gasteiger partial charge >= 0.3 is 6.03 Å². The molecule has 12 nitrogen and oxygen atoms in total. The van der Waals surface area contributed by atoms with Gasteiger partial charge in [-0.3, -0.25) is 14.5 Å². The molecule has 6 rings (SSSR count). The van der Waals surface area contributed by atoms with E-state index in [0.717, 1.165) is 72.1 Å². The Morgan fingerprint density at radius 2 is 1.84 bits per heavy atom. The topological polar surface area (TPSA) is 118 Å². The average Bonchev–Trinajstić information content (AvgIpc) is 3.52. The number of carbonyl (C=O) groups is 2. The van der Waals surface area contributed by atoms with Gasteiger partial charge < -0.3 is 29.5 Å². The molecule has 0 spiro atoms. The first kappa shape index (κ1) is 35.3. The summed E-state index contributed by atoms with van der Waals surface area (Å²) in [5.41, 5.74) is 4.24. The number of likely N-dealkylation sites (N-methyl/N-ethyl adjacent to an activating group) is 1. The van der Waals surface area contributed by atoms with Crippen LogP contribution in [-0.4, -0.2) is 102 Å². The van der Waals surface area contributed by atoms with Gasteiger partial charge in [0.1, 0.15) is 0 Å². The molecule has 2 aliphatic rings. The number of methoxy groups -OCH3 is 1. The number of rotatable bonds is 11. The van der Waals surface area contributed by atoms with E-state index >= 15 is 0 Å². The van der Waals surface area contributed by atoms with Crippen LogP contribution in [-0.2, 0) is 16.6 Å². The number of hydrogen-bond donors (Lipinski definition) is 1. The lowest BCUT2D eigenvalue weighted by molar-refractivity contribution is -0.124. The van der Waals surface area contributed by atoms with Crippen molar-refractivity contribution >= 4 is 34.2 Å². The first-order valence-corrected chi connectivity index (χ1v) is 17.7. The number of para-hydroxylation sites is 1. The summed E-state index contributed by atoms with van der Waals surface area (Å²) < 4.78 is 13.3. The molecular formula is C38H50N8O4. The number of hydrogen-bond acceptors (Lipinski definition) is 8. The second kappa shape index (κ2) is 16.0. The van der Waals surface area contributed by atoms with Crippen LogP contribution in [0.25, 0.3) is 22.0 Å². The van der Waals surface area contributed by atoms with Gasteiger partial charge in [0.25, 0.3) is 0 Å². The van der Waals surface area contributed by atoms with E-state index in [1.165, 1.54) is 0 Å². The number of anilines is 2. The number of amides is 3. The lowest BCUT2D eigenvalue weighted by Crippen LogP contribution is -2.49. The zero-order valence-corrected chi connectivity index (χ0v) is 29.9. The van der Waals surface area contributed by atoms with Crippen LogP contribution in [0.3, 0.4) is 0 Å². The fourth-order valence-corrected chi connectivity index (χ4v) is 7.27. The predicted molar refractivity (Wildman–Crippen MR) is 195 cm³/mol. The number of carbonyl (C=O) groups excluding carboxylic acids is 2. The van der Waals surface area contributed by atoms with Crippen LogP contribution in [0.4, 0.5) is 16.2 Å². The normalized spacial score (nSPS) is 21.0. The lowest BCUT2D eigenvalue weighted by Gasteiger charge is -2.40. The molecule has 2 unspecified atom stereocenters. The first-order chi connectivity index (χ1) is 24.2. The number of nitrogens with one attached hydrogen (secondary N) is 1. The molecular weight excluding hydrogens is 632 g/mol. The Bertz CT molecular complexity index is 1770. The smallest absolute Gasteiger partial charge is 0.321 e. The maximum Gasteiger partial charge on any atom is 0.321 e. The Kier molecular flexibility index (Phi) is 11.3. The number of piperidine rings is 1. The monoisotopic (exact) mass is 682 g/mol. The van der Waals surface area contributed by atoms with Crippen LogP contribution in [0, 0.1) is 17.8 Å². The standard InChI is InChI=1S/C38H50N8O4/c1-26-24-45(38(48)42-34-8-6-7-29-22-41-44(4)36(29)34)16-14-30(26)25-46(37(47)27-9-11-33(12-10-27)50-18-17-43(2)3)32-19-31(21-39-23-32)28-13-15-40-35(20-28)49-5/h6-8,13,15,19-23,26-27,30,33H,9-12,14,16-18,24-25H2,1-5H3,(H,42,48). The van der Waals surface area contributed by atoms with Crippen molar-refractivity contribution in [3.05, 3.63) is 61.2 Å². The first-order valence-electron chi connectivity index (χ1n) is 17.7. The highest BCUT2D eigenvalue weighted by atomic mass is 16.5. The van der Waals surface area contributed by atoms with Crippen LogP contribution in [0.1, 0.15) is 39.0 Å². The summed E-state index contributed by atoms with van der Waals surface area (Å²) >= 11 is 0. The molecule has 4 heterocycles. The highest BCUT2D eigenvalue weighted by Crippen LogP contribution is 2.34. The zero-order chi connectivity index (χ0) is 35.2. The van der Waals surface area contributed by atoms with Crippen molar-refractivity contribution in [2.75, 3.05) is 64.2 Å². The molecule has 4 aromatic rings. The summed E-state index contributed by atoms with van der Waals surface area (Å²) in [5, 5.41) is 8.45. The van der Waals surface area contributed by atoms with Crippen molar-refractivity contribution in [1.82, 2.24) is 29.5 Å². The van der Waals surface area contributed by atoms with Gasteiger partial charge in [-0.25, -0.2) is 9.78 Å². The molecule has 1 saturated heterocycles. The minimum Gasteiger partial charge on any atom is -0.481 e. The third-order valence-corrected chi connectivity index (χ3v) is 10.3. The van der Waals surface area contributed by atoms with Gasteiger partial charge in [0.2, 0.25) is 11.8 Å². The van der Waals surface area contributed by atoms with E-state index in [1.807, 2.05) is 73.5 Å². The largest absolute Gasteiger partial charge is 0.481 e. The van der Waals surface area contributed by atoms with E-state index in [2.05, 4.69) is 32.2 Å². The maximum absolute atomic E-state index is 14.5. The van der Waals surface area contributed by atoms with Gasteiger partial charge in [0.15, 0.2) is 0 Å². The van der Waals surface area contributed by atoms with Crippen LogP contribution >= 0.6 is 0 Å². The van der Waals surface area contributed by atoms with E-state index in [0.29, 0.717) is 32.1 Å². The quantitative estimate of drug-likeness (QED) is 0.214.